The van der Waals surface area contributed by atoms with E-state index < -0.39 is 18.1 Å². The molecule has 2 amide bonds. The molecule has 31 heavy (non-hydrogen) atoms. The smallest absolute Gasteiger partial charge is 0.416 e. The topological polar surface area (TPSA) is 78.9 Å². The van der Waals surface area contributed by atoms with Crippen molar-refractivity contribution in [3.05, 3.63) is 71.8 Å². The van der Waals surface area contributed by atoms with Crippen LogP contribution in [0.25, 0.3) is 0 Å². The summed E-state index contributed by atoms with van der Waals surface area (Å²) in [4.78, 5) is 26.8. The van der Waals surface area contributed by atoms with Crippen molar-refractivity contribution in [3.63, 3.8) is 0 Å². The van der Waals surface area contributed by atoms with Crippen LogP contribution < -0.4 is 5.32 Å². The Bertz CT molecular complexity index is 843. The van der Waals surface area contributed by atoms with Crippen molar-refractivity contribution in [2.24, 2.45) is 5.92 Å². The molecule has 1 saturated heterocycles. The first-order chi connectivity index (χ1) is 15.0. The van der Waals surface area contributed by atoms with Crippen molar-refractivity contribution in [2.75, 3.05) is 6.61 Å². The van der Waals surface area contributed by atoms with E-state index in [0.717, 1.165) is 11.1 Å². The van der Waals surface area contributed by atoms with E-state index in [1.54, 1.807) is 0 Å². The first-order valence-electron chi connectivity index (χ1n) is 11.0. The lowest BCUT2D eigenvalue weighted by atomic mass is 9.92. The zero-order valence-electron chi connectivity index (χ0n) is 18.2. The van der Waals surface area contributed by atoms with Crippen molar-refractivity contribution in [1.82, 2.24) is 10.2 Å². The number of amides is 2. The second kappa shape index (κ2) is 11.1. The number of hydrogen-bond donors (Lipinski definition) is 2. The van der Waals surface area contributed by atoms with Crippen LogP contribution in [0.1, 0.15) is 37.8 Å². The number of aliphatic hydroxyl groups excluding tert-OH is 1. The van der Waals surface area contributed by atoms with Crippen LogP contribution in [0.2, 0.25) is 0 Å². The summed E-state index contributed by atoms with van der Waals surface area (Å²) in [5.41, 5.74) is 2.20. The van der Waals surface area contributed by atoms with Crippen LogP contribution in [-0.2, 0) is 22.5 Å². The quantitative estimate of drug-likeness (QED) is 0.610. The minimum absolute atomic E-state index is 0.0164. The fourth-order valence-corrected chi connectivity index (χ4v) is 4.05. The number of benzene rings is 2. The summed E-state index contributed by atoms with van der Waals surface area (Å²) in [5.74, 6) is -1.00. The highest BCUT2D eigenvalue weighted by Gasteiger charge is 2.42. The van der Waals surface area contributed by atoms with Gasteiger partial charge < -0.3 is 15.2 Å². The minimum Gasteiger partial charge on any atom is -0.447 e. The number of ether oxygens (including phenoxy) is 1. The molecular weight excluding hydrogens is 392 g/mol. The van der Waals surface area contributed by atoms with Gasteiger partial charge >= 0.3 is 6.09 Å². The summed E-state index contributed by atoms with van der Waals surface area (Å²) >= 11 is 0. The predicted molar refractivity (Wildman–Crippen MR) is 119 cm³/mol. The third-order valence-electron chi connectivity index (χ3n) is 5.83. The van der Waals surface area contributed by atoms with Crippen LogP contribution in [0, 0.1) is 5.92 Å². The Kier molecular flexibility index (Phi) is 8.20. The van der Waals surface area contributed by atoms with Gasteiger partial charge in [0.05, 0.1) is 18.1 Å². The fraction of sp³-hybridized carbons (Fsp3) is 0.440. The molecule has 3 rings (SSSR count). The third kappa shape index (κ3) is 6.15. The Balaban J connectivity index is 1.59. The highest BCUT2D eigenvalue weighted by Crippen LogP contribution is 2.24. The zero-order valence-corrected chi connectivity index (χ0v) is 18.2. The van der Waals surface area contributed by atoms with E-state index in [4.69, 9.17) is 4.74 Å². The van der Waals surface area contributed by atoms with Gasteiger partial charge in [0.2, 0.25) is 5.91 Å². The summed E-state index contributed by atoms with van der Waals surface area (Å²) in [6.07, 6.45) is -0.0513. The van der Waals surface area contributed by atoms with E-state index in [2.05, 4.69) is 5.32 Å². The molecule has 0 radical (unpaired) electrons. The van der Waals surface area contributed by atoms with Crippen LogP contribution in [-0.4, -0.2) is 46.8 Å². The van der Waals surface area contributed by atoms with E-state index in [0.29, 0.717) is 25.8 Å². The molecule has 6 heteroatoms. The molecule has 1 aliphatic heterocycles. The maximum absolute atomic E-state index is 13.2. The van der Waals surface area contributed by atoms with Gasteiger partial charge in [-0.15, -0.1) is 0 Å². The van der Waals surface area contributed by atoms with Gasteiger partial charge in [0.25, 0.3) is 0 Å². The first kappa shape index (κ1) is 23.0. The Labute approximate surface area is 184 Å². The summed E-state index contributed by atoms with van der Waals surface area (Å²) in [6.45, 7) is 4.73. The molecule has 4 atom stereocenters. The largest absolute Gasteiger partial charge is 0.447 e. The van der Waals surface area contributed by atoms with Gasteiger partial charge in [-0.1, -0.05) is 67.6 Å². The number of aliphatic hydroxyl groups is 1. The van der Waals surface area contributed by atoms with Crippen molar-refractivity contribution in [2.45, 2.75) is 57.8 Å². The molecule has 0 aliphatic carbocycles. The SMILES string of the molecule is CCC(C(=O)N1C(=O)OC[C@H]1Cc1ccccc1)C(O)CC(C)NCc1ccccc1. The minimum atomic E-state index is -0.846. The van der Waals surface area contributed by atoms with E-state index >= 15 is 0 Å². The van der Waals surface area contributed by atoms with E-state index in [1.807, 2.05) is 74.5 Å². The zero-order chi connectivity index (χ0) is 22.2. The maximum atomic E-state index is 13.2. The molecule has 0 bridgehead atoms. The van der Waals surface area contributed by atoms with Gasteiger partial charge in [-0.25, -0.2) is 9.69 Å². The molecule has 2 aromatic carbocycles. The average Bonchev–Trinajstić information content (AvgIpc) is 3.14. The summed E-state index contributed by atoms with van der Waals surface area (Å²) < 4.78 is 5.19. The van der Waals surface area contributed by atoms with Crippen LogP contribution >= 0.6 is 0 Å². The Morgan fingerprint density at radius 1 is 1.13 bits per heavy atom. The van der Waals surface area contributed by atoms with Crippen LogP contribution in [0.15, 0.2) is 60.7 Å². The molecule has 1 fully saturated rings. The fourth-order valence-electron chi connectivity index (χ4n) is 4.05. The normalized spacial score (nSPS) is 19.0. The standard InChI is InChI=1S/C25H32N2O4/c1-3-22(23(28)14-18(2)26-16-20-12-8-5-9-13-20)24(29)27-21(17-31-25(27)30)15-19-10-6-4-7-11-19/h4-13,18,21-23,26,28H,3,14-17H2,1-2H3/t18?,21-,22?,23?/m1/s1. The number of carbonyl (C=O) groups excluding carboxylic acids is 2. The summed E-state index contributed by atoms with van der Waals surface area (Å²) in [6, 6.07) is 19.4. The number of imide groups is 1. The molecule has 1 aliphatic rings. The van der Waals surface area contributed by atoms with Gasteiger partial charge in [-0.3, -0.25) is 4.79 Å². The highest BCUT2D eigenvalue weighted by atomic mass is 16.6. The second-order valence-corrected chi connectivity index (χ2v) is 8.21. The molecule has 0 saturated carbocycles. The molecule has 2 N–H and O–H groups in total. The molecule has 1 heterocycles. The van der Waals surface area contributed by atoms with Crippen molar-refractivity contribution in [1.29, 1.82) is 0 Å². The van der Waals surface area contributed by atoms with E-state index in [9.17, 15) is 14.7 Å². The van der Waals surface area contributed by atoms with Crippen LogP contribution in [0.4, 0.5) is 4.79 Å². The van der Waals surface area contributed by atoms with Crippen LogP contribution in [0.5, 0.6) is 0 Å². The molecular formula is C25H32N2O4. The lowest BCUT2D eigenvalue weighted by molar-refractivity contribution is -0.137. The monoisotopic (exact) mass is 424 g/mol. The molecule has 3 unspecified atom stereocenters. The molecule has 6 nitrogen and oxygen atoms in total. The summed E-state index contributed by atoms with van der Waals surface area (Å²) in [5, 5.41) is 14.2. The van der Waals surface area contributed by atoms with E-state index in [-0.39, 0.29) is 24.6 Å². The van der Waals surface area contributed by atoms with Crippen LogP contribution in [0.3, 0.4) is 0 Å². The Morgan fingerprint density at radius 2 is 1.74 bits per heavy atom. The Morgan fingerprint density at radius 3 is 2.35 bits per heavy atom. The molecule has 2 aromatic rings. The van der Waals surface area contributed by atoms with Gasteiger partial charge in [-0.05, 0) is 37.3 Å². The molecule has 0 spiro atoms. The maximum Gasteiger partial charge on any atom is 0.416 e. The van der Waals surface area contributed by atoms with E-state index in [1.165, 1.54) is 4.90 Å². The number of nitrogens with one attached hydrogen (secondary N) is 1. The number of nitrogens with zero attached hydrogens (tertiary/aromatic N) is 1. The van der Waals surface area contributed by atoms with Crippen molar-refractivity contribution >= 4 is 12.0 Å². The first-order valence-corrected chi connectivity index (χ1v) is 11.0. The molecule has 166 valence electrons. The number of cyclic esters (lactones) is 1. The number of hydrogen-bond acceptors (Lipinski definition) is 5. The van der Waals surface area contributed by atoms with Gasteiger partial charge in [0.15, 0.2) is 0 Å². The highest BCUT2D eigenvalue weighted by molar-refractivity contribution is 5.95. The average molecular weight is 425 g/mol. The van der Waals surface area contributed by atoms with Crippen molar-refractivity contribution in [3.8, 4) is 0 Å². The lowest BCUT2D eigenvalue weighted by Crippen LogP contribution is -2.47. The number of carbonyl (C=O) groups is 2. The summed E-state index contributed by atoms with van der Waals surface area (Å²) in [7, 11) is 0. The van der Waals surface area contributed by atoms with Gasteiger partial charge in [0.1, 0.15) is 6.61 Å². The number of rotatable bonds is 10. The Hall–Kier alpha value is -2.70. The van der Waals surface area contributed by atoms with Crippen molar-refractivity contribution < 1.29 is 19.4 Å². The second-order valence-electron chi connectivity index (χ2n) is 8.21. The lowest BCUT2D eigenvalue weighted by Gasteiger charge is -2.28. The van der Waals surface area contributed by atoms with Gasteiger partial charge in [-0.2, -0.15) is 0 Å². The van der Waals surface area contributed by atoms with Gasteiger partial charge in [0, 0.05) is 12.6 Å². The third-order valence-corrected chi connectivity index (χ3v) is 5.83. The molecule has 0 aromatic heterocycles. The predicted octanol–water partition coefficient (Wildman–Crippen LogP) is 3.53.